The second-order valence-electron chi connectivity index (χ2n) is 6.34. The van der Waals surface area contributed by atoms with Gasteiger partial charge in [0.05, 0.1) is 13.2 Å². The molecule has 1 atom stereocenters. The third kappa shape index (κ3) is 4.27. The maximum Gasteiger partial charge on any atom is 0.241 e. The van der Waals surface area contributed by atoms with Crippen molar-refractivity contribution in [2.24, 2.45) is 5.73 Å². The highest BCUT2D eigenvalue weighted by molar-refractivity contribution is 5.81. The van der Waals surface area contributed by atoms with E-state index in [9.17, 15) is 4.79 Å². The molecule has 8 heteroatoms. The standard InChI is InChI=1S/C15H25N5O3/c1-22-10-12(16)15(21)20-6-2-5-19(7-8-20)9-13-17-14(23-18-13)11-3-4-11/h11-12H,2-10,16H2,1H3. The molecule has 1 aliphatic carbocycles. The topological polar surface area (TPSA) is 97.7 Å². The summed E-state index contributed by atoms with van der Waals surface area (Å²) in [5, 5.41) is 4.06. The van der Waals surface area contributed by atoms with Gasteiger partial charge in [0.15, 0.2) is 5.82 Å². The highest BCUT2D eigenvalue weighted by Gasteiger charge is 2.30. The fourth-order valence-corrected chi connectivity index (χ4v) is 2.86. The van der Waals surface area contributed by atoms with E-state index in [-0.39, 0.29) is 12.5 Å². The van der Waals surface area contributed by atoms with Crippen LogP contribution in [0.15, 0.2) is 4.52 Å². The van der Waals surface area contributed by atoms with Crippen LogP contribution in [0.1, 0.15) is 36.9 Å². The van der Waals surface area contributed by atoms with E-state index >= 15 is 0 Å². The monoisotopic (exact) mass is 323 g/mol. The van der Waals surface area contributed by atoms with Gasteiger partial charge in [-0.05, 0) is 19.3 Å². The number of hydrogen-bond acceptors (Lipinski definition) is 7. The van der Waals surface area contributed by atoms with E-state index in [0.717, 1.165) is 50.6 Å². The van der Waals surface area contributed by atoms with Crippen LogP contribution in [-0.4, -0.2) is 71.8 Å². The fourth-order valence-electron chi connectivity index (χ4n) is 2.86. The smallest absolute Gasteiger partial charge is 0.241 e. The molecule has 8 nitrogen and oxygen atoms in total. The molecule has 1 saturated heterocycles. The molecule has 2 fully saturated rings. The number of carbonyl (C=O) groups is 1. The van der Waals surface area contributed by atoms with E-state index in [1.807, 2.05) is 4.90 Å². The van der Waals surface area contributed by atoms with Gasteiger partial charge in [-0.25, -0.2) is 0 Å². The first-order chi connectivity index (χ1) is 11.2. The molecule has 0 aromatic carbocycles. The molecule has 2 heterocycles. The third-order valence-electron chi connectivity index (χ3n) is 4.34. The van der Waals surface area contributed by atoms with Crippen LogP contribution in [0, 0.1) is 0 Å². The Labute approximate surface area is 135 Å². The normalized spacial score (nSPS) is 21.2. The molecule has 1 aliphatic heterocycles. The minimum atomic E-state index is -0.579. The molecule has 2 aliphatic rings. The Morgan fingerprint density at radius 1 is 1.39 bits per heavy atom. The lowest BCUT2D eigenvalue weighted by Crippen LogP contribution is -2.47. The number of aromatic nitrogens is 2. The maximum absolute atomic E-state index is 12.3. The molecule has 3 rings (SSSR count). The number of nitrogens with two attached hydrogens (primary N) is 1. The van der Waals surface area contributed by atoms with Crippen molar-refractivity contribution in [1.82, 2.24) is 19.9 Å². The molecular weight excluding hydrogens is 298 g/mol. The number of carbonyl (C=O) groups excluding carboxylic acids is 1. The van der Waals surface area contributed by atoms with Crippen molar-refractivity contribution < 1.29 is 14.1 Å². The van der Waals surface area contributed by atoms with Gasteiger partial charge in [0.25, 0.3) is 0 Å². The van der Waals surface area contributed by atoms with Gasteiger partial charge in [0.2, 0.25) is 11.8 Å². The van der Waals surface area contributed by atoms with Gasteiger partial charge in [0.1, 0.15) is 6.04 Å². The molecule has 0 spiro atoms. The van der Waals surface area contributed by atoms with E-state index in [2.05, 4.69) is 15.0 Å². The van der Waals surface area contributed by atoms with Crippen LogP contribution in [0.2, 0.25) is 0 Å². The lowest BCUT2D eigenvalue weighted by atomic mass is 10.2. The molecule has 0 bridgehead atoms. The van der Waals surface area contributed by atoms with Crippen molar-refractivity contribution in [2.45, 2.75) is 37.8 Å². The summed E-state index contributed by atoms with van der Waals surface area (Å²) in [5.41, 5.74) is 5.84. The predicted octanol–water partition coefficient (Wildman–Crippen LogP) is -0.0450. The summed E-state index contributed by atoms with van der Waals surface area (Å²) in [5.74, 6) is 1.96. The lowest BCUT2D eigenvalue weighted by molar-refractivity contribution is -0.133. The van der Waals surface area contributed by atoms with E-state index in [4.69, 9.17) is 15.0 Å². The van der Waals surface area contributed by atoms with Gasteiger partial charge in [-0.15, -0.1) is 0 Å². The minimum Gasteiger partial charge on any atom is -0.383 e. The Kier molecular flexibility index (Phi) is 5.24. The van der Waals surface area contributed by atoms with Crippen molar-refractivity contribution in [3.63, 3.8) is 0 Å². The van der Waals surface area contributed by atoms with Crippen molar-refractivity contribution >= 4 is 5.91 Å². The first-order valence-electron chi connectivity index (χ1n) is 8.25. The van der Waals surface area contributed by atoms with Gasteiger partial charge in [-0.3, -0.25) is 9.69 Å². The van der Waals surface area contributed by atoms with Gasteiger partial charge in [0, 0.05) is 39.2 Å². The molecule has 1 aromatic rings. The fraction of sp³-hybridized carbons (Fsp3) is 0.800. The van der Waals surface area contributed by atoms with Gasteiger partial charge >= 0.3 is 0 Å². The molecule has 1 unspecified atom stereocenters. The zero-order chi connectivity index (χ0) is 16.2. The molecule has 0 radical (unpaired) electrons. The van der Waals surface area contributed by atoms with E-state index in [1.54, 1.807) is 7.11 Å². The Balaban J connectivity index is 1.50. The molecule has 23 heavy (non-hydrogen) atoms. The number of nitrogens with zero attached hydrogens (tertiary/aromatic N) is 4. The first-order valence-corrected chi connectivity index (χ1v) is 8.25. The van der Waals surface area contributed by atoms with E-state index in [1.165, 1.54) is 0 Å². The van der Waals surface area contributed by atoms with E-state index < -0.39 is 6.04 Å². The van der Waals surface area contributed by atoms with Crippen molar-refractivity contribution in [2.75, 3.05) is 39.9 Å². The number of amides is 1. The zero-order valence-corrected chi connectivity index (χ0v) is 13.6. The Morgan fingerprint density at radius 3 is 2.96 bits per heavy atom. The molecule has 1 amide bonds. The summed E-state index contributed by atoms with van der Waals surface area (Å²) in [4.78, 5) is 20.8. The summed E-state index contributed by atoms with van der Waals surface area (Å²) >= 11 is 0. The Hall–Kier alpha value is -1.51. The SMILES string of the molecule is COCC(N)C(=O)N1CCCN(Cc2noc(C3CC3)n2)CC1. The van der Waals surface area contributed by atoms with Crippen LogP contribution in [0.3, 0.4) is 0 Å². The van der Waals surface area contributed by atoms with Crippen LogP contribution >= 0.6 is 0 Å². The summed E-state index contributed by atoms with van der Waals surface area (Å²) < 4.78 is 10.3. The van der Waals surface area contributed by atoms with Gasteiger partial charge in [-0.1, -0.05) is 5.16 Å². The summed E-state index contributed by atoms with van der Waals surface area (Å²) in [6.07, 6.45) is 3.23. The summed E-state index contributed by atoms with van der Waals surface area (Å²) in [7, 11) is 1.55. The summed E-state index contributed by atoms with van der Waals surface area (Å²) in [6, 6.07) is -0.579. The highest BCUT2D eigenvalue weighted by Crippen LogP contribution is 2.38. The second kappa shape index (κ2) is 7.37. The number of rotatable bonds is 6. The minimum absolute atomic E-state index is 0.0377. The van der Waals surface area contributed by atoms with Gasteiger partial charge < -0.3 is 19.9 Å². The number of ether oxygens (including phenoxy) is 1. The molecular formula is C15H25N5O3. The summed E-state index contributed by atoms with van der Waals surface area (Å²) in [6.45, 7) is 4.03. The number of methoxy groups -OCH3 is 1. The van der Waals surface area contributed by atoms with Crippen molar-refractivity contribution in [1.29, 1.82) is 0 Å². The van der Waals surface area contributed by atoms with Crippen LogP contribution in [-0.2, 0) is 16.1 Å². The molecule has 2 N–H and O–H groups in total. The quantitative estimate of drug-likeness (QED) is 0.784. The maximum atomic E-state index is 12.3. The third-order valence-corrected chi connectivity index (χ3v) is 4.34. The average Bonchev–Trinajstić information content (AvgIpc) is 3.32. The first kappa shape index (κ1) is 16.4. The molecule has 1 saturated carbocycles. The highest BCUT2D eigenvalue weighted by atomic mass is 16.5. The van der Waals surface area contributed by atoms with Crippen LogP contribution in [0.5, 0.6) is 0 Å². The van der Waals surface area contributed by atoms with Crippen LogP contribution < -0.4 is 5.73 Å². The van der Waals surface area contributed by atoms with E-state index in [0.29, 0.717) is 19.0 Å². The van der Waals surface area contributed by atoms with Gasteiger partial charge in [-0.2, -0.15) is 4.98 Å². The molecule has 1 aromatic heterocycles. The van der Waals surface area contributed by atoms with Crippen LogP contribution in [0.4, 0.5) is 0 Å². The lowest BCUT2D eigenvalue weighted by Gasteiger charge is -2.24. The van der Waals surface area contributed by atoms with Crippen molar-refractivity contribution in [3.05, 3.63) is 11.7 Å². The Morgan fingerprint density at radius 2 is 2.22 bits per heavy atom. The zero-order valence-electron chi connectivity index (χ0n) is 13.6. The van der Waals surface area contributed by atoms with Crippen molar-refractivity contribution in [3.8, 4) is 0 Å². The Bertz CT molecular complexity index is 531. The predicted molar refractivity (Wildman–Crippen MR) is 82.6 cm³/mol. The largest absolute Gasteiger partial charge is 0.383 e. The average molecular weight is 323 g/mol. The second-order valence-corrected chi connectivity index (χ2v) is 6.34. The van der Waals surface area contributed by atoms with Crippen LogP contribution in [0.25, 0.3) is 0 Å². The molecule has 128 valence electrons. The number of hydrogen-bond donors (Lipinski definition) is 1.